The first-order valence-electron chi connectivity index (χ1n) is 10.6. The summed E-state index contributed by atoms with van der Waals surface area (Å²) >= 11 is 0. The van der Waals surface area contributed by atoms with Crippen LogP contribution in [0, 0.1) is 0 Å². The minimum absolute atomic E-state index is 0.0820. The van der Waals surface area contributed by atoms with Crippen molar-refractivity contribution in [3.05, 3.63) is 10.4 Å². The van der Waals surface area contributed by atoms with Gasteiger partial charge in [-0.1, -0.05) is 89.1 Å². The van der Waals surface area contributed by atoms with Crippen LogP contribution < -0.4 is 0 Å². The number of rotatable bonds is 18. The standard InChI is InChI=1S/C20H38FN3O3/c1-3-5-6-7-8-9-10-11-12-13-14-15-16-17(21)19(25)18(23-24-22)20(26)27-4-2/h17-19,25H,3-16H2,1-2H3/t17-,18-,19-/m1/s1. The van der Waals surface area contributed by atoms with E-state index in [1.165, 1.54) is 51.4 Å². The van der Waals surface area contributed by atoms with Gasteiger partial charge in [-0.25, -0.2) is 4.39 Å². The summed E-state index contributed by atoms with van der Waals surface area (Å²) in [5.74, 6) is -0.889. The second-order valence-electron chi connectivity index (χ2n) is 7.09. The van der Waals surface area contributed by atoms with Crippen LogP contribution >= 0.6 is 0 Å². The Morgan fingerprint density at radius 3 is 1.93 bits per heavy atom. The third kappa shape index (κ3) is 13.5. The van der Waals surface area contributed by atoms with E-state index in [4.69, 9.17) is 10.3 Å². The summed E-state index contributed by atoms with van der Waals surface area (Å²) in [6.07, 6.45) is 11.1. The smallest absolute Gasteiger partial charge is 0.317 e. The average Bonchev–Trinajstić information content (AvgIpc) is 2.66. The maximum absolute atomic E-state index is 14.1. The molecular weight excluding hydrogens is 349 g/mol. The normalized spacial score (nSPS) is 14.2. The Morgan fingerprint density at radius 1 is 1.00 bits per heavy atom. The summed E-state index contributed by atoms with van der Waals surface area (Å²) in [6.45, 7) is 3.90. The number of unbranched alkanes of at least 4 members (excludes halogenated alkanes) is 11. The molecule has 7 heteroatoms. The van der Waals surface area contributed by atoms with E-state index in [-0.39, 0.29) is 13.0 Å². The molecule has 0 aromatic rings. The van der Waals surface area contributed by atoms with E-state index in [0.717, 1.165) is 19.3 Å². The Morgan fingerprint density at radius 2 is 1.48 bits per heavy atom. The first kappa shape index (κ1) is 25.7. The maximum Gasteiger partial charge on any atom is 0.317 e. The molecular formula is C20H38FN3O3. The highest BCUT2D eigenvalue weighted by atomic mass is 19.1. The summed E-state index contributed by atoms with van der Waals surface area (Å²) < 4.78 is 18.8. The largest absolute Gasteiger partial charge is 0.466 e. The zero-order chi connectivity index (χ0) is 20.3. The first-order valence-corrected chi connectivity index (χ1v) is 10.6. The Bertz CT molecular complexity index is 417. The highest BCUT2D eigenvalue weighted by molar-refractivity contribution is 5.76. The fourth-order valence-electron chi connectivity index (χ4n) is 3.09. The maximum atomic E-state index is 14.1. The van der Waals surface area contributed by atoms with Gasteiger partial charge in [-0.3, -0.25) is 4.79 Å². The molecule has 0 radical (unpaired) electrons. The third-order valence-electron chi connectivity index (χ3n) is 4.73. The fourth-order valence-corrected chi connectivity index (χ4v) is 3.09. The molecule has 0 bridgehead atoms. The number of ether oxygens (including phenoxy) is 1. The minimum Gasteiger partial charge on any atom is -0.466 e. The molecule has 0 aliphatic heterocycles. The van der Waals surface area contributed by atoms with Crippen LogP contribution in [-0.4, -0.2) is 36.0 Å². The molecule has 0 amide bonds. The van der Waals surface area contributed by atoms with Gasteiger partial charge in [0.15, 0.2) is 6.04 Å². The summed E-state index contributed by atoms with van der Waals surface area (Å²) in [7, 11) is 0. The van der Waals surface area contributed by atoms with E-state index in [1.807, 2.05) is 0 Å². The molecule has 27 heavy (non-hydrogen) atoms. The highest BCUT2D eigenvalue weighted by Gasteiger charge is 2.33. The van der Waals surface area contributed by atoms with Crippen molar-refractivity contribution in [2.24, 2.45) is 5.11 Å². The lowest BCUT2D eigenvalue weighted by molar-refractivity contribution is -0.148. The van der Waals surface area contributed by atoms with Gasteiger partial charge in [-0.15, -0.1) is 0 Å². The predicted molar refractivity (Wildman–Crippen MR) is 106 cm³/mol. The molecule has 0 aliphatic carbocycles. The van der Waals surface area contributed by atoms with Crippen molar-refractivity contribution in [1.82, 2.24) is 0 Å². The zero-order valence-electron chi connectivity index (χ0n) is 17.1. The molecule has 0 aliphatic rings. The van der Waals surface area contributed by atoms with Crippen LogP contribution in [0.4, 0.5) is 4.39 Å². The Balaban J connectivity index is 3.78. The number of carbonyl (C=O) groups excluding carboxylic acids is 1. The van der Waals surface area contributed by atoms with Gasteiger partial charge in [0.2, 0.25) is 0 Å². The number of carbonyl (C=O) groups is 1. The molecule has 1 N–H and O–H groups in total. The number of nitrogens with zero attached hydrogens (tertiary/aromatic N) is 3. The molecule has 3 atom stereocenters. The van der Waals surface area contributed by atoms with Crippen molar-refractivity contribution in [3.63, 3.8) is 0 Å². The number of halogens is 1. The van der Waals surface area contributed by atoms with Crippen molar-refractivity contribution in [2.45, 2.75) is 116 Å². The molecule has 0 aromatic heterocycles. The number of hydrogen-bond acceptors (Lipinski definition) is 4. The highest BCUT2D eigenvalue weighted by Crippen LogP contribution is 2.18. The number of hydrogen-bond donors (Lipinski definition) is 1. The second-order valence-corrected chi connectivity index (χ2v) is 7.09. The van der Waals surface area contributed by atoms with Crippen molar-refractivity contribution in [1.29, 1.82) is 0 Å². The average molecular weight is 388 g/mol. The lowest BCUT2D eigenvalue weighted by Gasteiger charge is -2.20. The van der Waals surface area contributed by atoms with Gasteiger partial charge < -0.3 is 9.84 Å². The monoisotopic (exact) mass is 387 g/mol. The van der Waals surface area contributed by atoms with E-state index in [2.05, 4.69) is 16.9 Å². The van der Waals surface area contributed by atoms with Crippen molar-refractivity contribution in [3.8, 4) is 0 Å². The Kier molecular flexibility index (Phi) is 17.2. The van der Waals surface area contributed by atoms with Gasteiger partial charge in [0.1, 0.15) is 12.3 Å². The van der Waals surface area contributed by atoms with Gasteiger partial charge in [-0.05, 0) is 18.9 Å². The summed E-state index contributed by atoms with van der Waals surface area (Å²) in [6, 6.07) is -1.53. The second kappa shape index (κ2) is 18.1. The number of azide groups is 1. The van der Waals surface area contributed by atoms with Crippen LogP contribution in [-0.2, 0) is 9.53 Å². The van der Waals surface area contributed by atoms with Crippen LogP contribution in [0.2, 0.25) is 0 Å². The summed E-state index contributed by atoms with van der Waals surface area (Å²) in [5, 5.41) is 13.1. The van der Waals surface area contributed by atoms with E-state index < -0.39 is 24.3 Å². The number of alkyl halides is 1. The van der Waals surface area contributed by atoms with E-state index >= 15 is 0 Å². The molecule has 0 unspecified atom stereocenters. The first-order chi connectivity index (χ1) is 13.1. The Labute approximate surface area is 163 Å². The Hall–Kier alpha value is -1.33. The van der Waals surface area contributed by atoms with Gasteiger partial charge in [0.05, 0.1) is 6.61 Å². The van der Waals surface area contributed by atoms with Crippen LogP contribution in [0.3, 0.4) is 0 Å². The molecule has 0 saturated carbocycles. The molecule has 0 spiro atoms. The van der Waals surface area contributed by atoms with E-state index in [9.17, 15) is 14.3 Å². The molecule has 0 saturated heterocycles. The van der Waals surface area contributed by atoms with Crippen LogP contribution in [0.1, 0.15) is 97.3 Å². The lowest BCUT2D eigenvalue weighted by Crippen LogP contribution is -2.40. The van der Waals surface area contributed by atoms with Crippen LogP contribution in [0.5, 0.6) is 0 Å². The summed E-state index contributed by atoms with van der Waals surface area (Å²) in [5.41, 5.74) is 8.49. The molecule has 0 aromatic carbocycles. The fraction of sp³-hybridized carbons (Fsp3) is 0.950. The SMILES string of the molecule is CCCCCCCCCCCCCC[C@@H](F)[C@@H](O)[C@@H](N=[N+]=[N-])C(=O)OCC. The van der Waals surface area contributed by atoms with Crippen LogP contribution in [0.15, 0.2) is 5.11 Å². The van der Waals surface area contributed by atoms with Crippen molar-refractivity contribution in [2.75, 3.05) is 6.61 Å². The van der Waals surface area contributed by atoms with Gasteiger partial charge in [0, 0.05) is 4.91 Å². The summed E-state index contributed by atoms with van der Waals surface area (Å²) in [4.78, 5) is 14.1. The zero-order valence-corrected chi connectivity index (χ0v) is 17.1. The van der Waals surface area contributed by atoms with Gasteiger partial charge in [-0.2, -0.15) is 0 Å². The topological polar surface area (TPSA) is 95.3 Å². The minimum atomic E-state index is -1.66. The van der Waals surface area contributed by atoms with Crippen molar-refractivity contribution >= 4 is 5.97 Å². The van der Waals surface area contributed by atoms with E-state index in [1.54, 1.807) is 6.92 Å². The van der Waals surface area contributed by atoms with Gasteiger partial charge in [0.25, 0.3) is 0 Å². The molecule has 6 nitrogen and oxygen atoms in total. The van der Waals surface area contributed by atoms with Gasteiger partial charge >= 0.3 is 5.97 Å². The molecule has 0 fully saturated rings. The quantitative estimate of drug-likeness (QED) is 0.102. The third-order valence-corrected chi connectivity index (χ3v) is 4.73. The molecule has 0 rings (SSSR count). The molecule has 158 valence electrons. The lowest BCUT2D eigenvalue weighted by atomic mass is 10.0. The van der Waals surface area contributed by atoms with Crippen LogP contribution in [0.25, 0.3) is 10.4 Å². The number of aliphatic hydroxyl groups is 1. The number of aliphatic hydroxyl groups excluding tert-OH is 1. The van der Waals surface area contributed by atoms with Crippen molar-refractivity contribution < 1.29 is 19.0 Å². The predicted octanol–water partition coefficient (Wildman–Crippen LogP) is 6.02. The molecule has 0 heterocycles. The number of esters is 1. The van der Waals surface area contributed by atoms with E-state index in [0.29, 0.717) is 6.42 Å².